The normalized spacial score (nSPS) is 27.9. The lowest BCUT2D eigenvalue weighted by atomic mass is 9.66. The second kappa shape index (κ2) is 8.95. The molecule has 2 saturated heterocycles. The number of carbonyl (C=O) groups excluding carboxylic acids is 1. The van der Waals surface area contributed by atoms with Gasteiger partial charge in [-0.25, -0.2) is 9.97 Å². The van der Waals surface area contributed by atoms with E-state index >= 15 is 0 Å². The molecular weight excluding hydrogens is 432 g/mol. The zero-order valence-electron chi connectivity index (χ0n) is 20.3. The summed E-state index contributed by atoms with van der Waals surface area (Å²) in [7, 11) is 0. The summed E-state index contributed by atoms with van der Waals surface area (Å²) in [4.78, 5) is 28.2. The van der Waals surface area contributed by atoms with Crippen molar-refractivity contribution >= 4 is 22.8 Å². The fourth-order valence-corrected chi connectivity index (χ4v) is 6.46. The number of nitrogens with zero attached hydrogens (tertiary/aromatic N) is 4. The number of para-hydroxylation sites is 1. The highest BCUT2D eigenvalue weighted by Crippen LogP contribution is 2.46. The van der Waals surface area contributed by atoms with Crippen LogP contribution >= 0.6 is 0 Å². The molecule has 2 bridgehead atoms. The van der Waals surface area contributed by atoms with E-state index in [1.807, 2.05) is 30.5 Å². The van der Waals surface area contributed by atoms with Crippen molar-refractivity contribution in [3.8, 4) is 0 Å². The molecule has 0 N–H and O–H groups in total. The first kappa shape index (κ1) is 22.0. The van der Waals surface area contributed by atoms with Crippen LogP contribution in [0.5, 0.6) is 0 Å². The molecule has 1 amide bonds. The molecule has 0 radical (unpaired) electrons. The molecule has 0 saturated carbocycles. The topological polar surface area (TPSA) is 49.3 Å². The highest BCUT2D eigenvalue weighted by Gasteiger charge is 2.47. The van der Waals surface area contributed by atoms with Crippen LogP contribution in [-0.4, -0.2) is 47.0 Å². The van der Waals surface area contributed by atoms with Gasteiger partial charge in [0, 0.05) is 43.7 Å². The number of allylic oxidation sites excluding steroid dienone is 3. The number of hydrogen-bond donors (Lipinski definition) is 0. The quantitative estimate of drug-likeness (QED) is 0.531. The van der Waals surface area contributed by atoms with Gasteiger partial charge in [-0.15, -0.1) is 0 Å². The SMILES string of the molecule is CCC1(C(=O)N2CC3CC(C2)CN(c2ncc4ccccc4n2)C3)C=CC=CC1c1ccccc1. The van der Waals surface area contributed by atoms with Gasteiger partial charge >= 0.3 is 0 Å². The number of hydrogen-bond acceptors (Lipinski definition) is 4. The van der Waals surface area contributed by atoms with Gasteiger partial charge in [-0.1, -0.05) is 79.8 Å². The number of carbonyl (C=O) groups is 1. The van der Waals surface area contributed by atoms with E-state index in [1.165, 1.54) is 12.0 Å². The first-order valence-electron chi connectivity index (χ1n) is 12.8. The Bertz CT molecular complexity index is 1270. The predicted octanol–water partition coefficient (Wildman–Crippen LogP) is 5.22. The molecule has 4 unspecified atom stereocenters. The maximum Gasteiger partial charge on any atom is 0.233 e. The second-order valence-electron chi connectivity index (χ2n) is 10.3. The van der Waals surface area contributed by atoms with Gasteiger partial charge in [0.05, 0.1) is 10.9 Å². The van der Waals surface area contributed by atoms with Crippen molar-refractivity contribution in [2.45, 2.75) is 25.7 Å². The Morgan fingerprint density at radius 1 is 0.971 bits per heavy atom. The van der Waals surface area contributed by atoms with Gasteiger partial charge in [0.25, 0.3) is 0 Å². The van der Waals surface area contributed by atoms with Gasteiger partial charge in [-0.2, -0.15) is 0 Å². The maximum atomic E-state index is 14.2. The molecule has 35 heavy (non-hydrogen) atoms. The molecule has 2 aromatic carbocycles. The first-order valence-corrected chi connectivity index (χ1v) is 12.8. The summed E-state index contributed by atoms with van der Waals surface area (Å²) in [6, 6.07) is 18.6. The zero-order valence-corrected chi connectivity index (χ0v) is 20.3. The van der Waals surface area contributed by atoms with E-state index < -0.39 is 5.41 Å². The second-order valence-corrected chi connectivity index (χ2v) is 10.3. The number of fused-ring (bicyclic) bond motifs is 3. The third-order valence-corrected chi connectivity index (χ3v) is 8.13. The third kappa shape index (κ3) is 3.93. The monoisotopic (exact) mass is 464 g/mol. The molecule has 3 heterocycles. The van der Waals surface area contributed by atoms with E-state index in [0.29, 0.717) is 11.8 Å². The number of anilines is 1. The minimum absolute atomic E-state index is 0.0652. The van der Waals surface area contributed by atoms with Crippen molar-refractivity contribution in [1.82, 2.24) is 14.9 Å². The van der Waals surface area contributed by atoms with Crippen molar-refractivity contribution in [1.29, 1.82) is 0 Å². The summed E-state index contributed by atoms with van der Waals surface area (Å²) in [5.74, 6) is 2.03. The lowest BCUT2D eigenvalue weighted by Crippen LogP contribution is -2.57. The van der Waals surface area contributed by atoms with E-state index in [4.69, 9.17) is 4.98 Å². The Labute approximate surface area is 207 Å². The molecular formula is C30H32N4O. The fourth-order valence-electron chi connectivity index (χ4n) is 6.46. The molecule has 4 atom stereocenters. The average Bonchev–Trinajstić information content (AvgIpc) is 2.92. The van der Waals surface area contributed by atoms with Crippen LogP contribution in [0, 0.1) is 17.3 Å². The molecule has 3 aliphatic rings. The highest BCUT2D eigenvalue weighted by molar-refractivity contribution is 5.87. The van der Waals surface area contributed by atoms with E-state index in [0.717, 1.165) is 49.5 Å². The summed E-state index contributed by atoms with van der Waals surface area (Å²) in [5, 5.41) is 1.07. The molecule has 2 fully saturated rings. The summed E-state index contributed by atoms with van der Waals surface area (Å²) in [6.45, 7) is 5.56. The number of aromatic nitrogens is 2. The van der Waals surface area contributed by atoms with Gasteiger partial charge in [0.1, 0.15) is 0 Å². The molecule has 5 nitrogen and oxygen atoms in total. The maximum absolute atomic E-state index is 14.2. The van der Waals surface area contributed by atoms with Gasteiger partial charge < -0.3 is 9.80 Å². The van der Waals surface area contributed by atoms with Crippen LogP contribution in [0.2, 0.25) is 0 Å². The minimum atomic E-state index is -0.525. The number of likely N-dealkylation sites (tertiary alicyclic amines) is 1. The van der Waals surface area contributed by atoms with Crippen LogP contribution < -0.4 is 4.90 Å². The van der Waals surface area contributed by atoms with Crippen molar-refractivity contribution in [2.24, 2.45) is 17.3 Å². The fraction of sp³-hybridized carbons (Fsp3) is 0.367. The van der Waals surface area contributed by atoms with E-state index in [-0.39, 0.29) is 11.8 Å². The van der Waals surface area contributed by atoms with Gasteiger partial charge in [0.2, 0.25) is 11.9 Å². The molecule has 1 aromatic heterocycles. The van der Waals surface area contributed by atoms with Crippen LogP contribution in [0.25, 0.3) is 10.9 Å². The van der Waals surface area contributed by atoms with Crippen LogP contribution in [0.4, 0.5) is 5.95 Å². The number of benzene rings is 2. The summed E-state index contributed by atoms with van der Waals surface area (Å²) in [5.41, 5.74) is 1.67. The average molecular weight is 465 g/mol. The van der Waals surface area contributed by atoms with E-state index in [2.05, 4.69) is 76.3 Å². The van der Waals surface area contributed by atoms with Crippen LogP contribution in [0.15, 0.2) is 85.1 Å². The Balaban J connectivity index is 1.23. The summed E-state index contributed by atoms with van der Waals surface area (Å²) < 4.78 is 0. The van der Waals surface area contributed by atoms with E-state index in [1.54, 1.807) is 0 Å². The smallest absolute Gasteiger partial charge is 0.233 e. The first-order chi connectivity index (χ1) is 17.2. The largest absolute Gasteiger partial charge is 0.341 e. The van der Waals surface area contributed by atoms with E-state index in [9.17, 15) is 4.79 Å². The molecule has 0 spiro atoms. The molecule has 1 aliphatic carbocycles. The molecule has 3 aromatic rings. The highest BCUT2D eigenvalue weighted by atomic mass is 16.2. The summed E-state index contributed by atoms with van der Waals surface area (Å²) >= 11 is 0. The van der Waals surface area contributed by atoms with Crippen LogP contribution in [0.1, 0.15) is 31.2 Å². The molecule has 5 heteroatoms. The van der Waals surface area contributed by atoms with Crippen molar-refractivity contribution < 1.29 is 4.79 Å². The Morgan fingerprint density at radius 2 is 1.71 bits per heavy atom. The Morgan fingerprint density at radius 3 is 2.49 bits per heavy atom. The number of rotatable bonds is 4. The molecule has 178 valence electrons. The van der Waals surface area contributed by atoms with Gasteiger partial charge in [-0.3, -0.25) is 4.79 Å². The zero-order chi connectivity index (χ0) is 23.8. The van der Waals surface area contributed by atoms with Crippen molar-refractivity contribution in [3.63, 3.8) is 0 Å². The Kier molecular flexibility index (Phi) is 5.63. The molecule has 2 aliphatic heterocycles. The third-order valence-electron chi connectivity index (χ3n) is 8.13. The molecule has 6 rings (SSSR count). The minimum Gasteiger partial charge on any atom is -0.341 e. The number of piperidine rings is 2. The van der Waals surface area contributed by atoms with Crippen LogP contribution in [0.3, 0.4) is 0 Å². The van der Waals surface area contributed by atoms with Crippen molar-refractivity contribution in [3.05, 3.63) is 90.7 Å². The lowest BCUT2D eigenvalue weighted by Gasteiger charge is -2.49. The number of amides is 1. The predicted molar refractivity (Wildman–Crippen MR) is 140 cm³/mol. The van der Waals surface area contributed by atoms with Crippen molar-refractivity contribution in [2.75, 3.05) is 31.1 Å². The van der Waals surface area contributed by atoms with Gasteiger partial charge in [0.15, 0.2) is 0 Å². The van der Waals surface area contributed by atoms with Gasteiger partial charge in [-0.05, 0) is 36.3 Å². The lowest BCUT2D eigenvalue weighted by molar-refractivity contribution is -0.143. The van der Waals surface area contributed by atoms with Crippen LogP contribution in [-0.2, 0) is 4.79 Å². The Hall–Kier alpha value is -3.47. The summed E-state index contributed by atoms with van der Waals surface area (Å²) in [6.07, 6.45) is 12.4. The standard InChI is InChI=1S/C30H32N4O/c1-2-30(15-9-8-13-26(30)24-10-4-3-5-11-24)28(35)33-18-22-16-23(19-33)21-34(20-22)29-31-17-25-12-6-7-14-27(25)32-29/h3-15,17,22-23,26H,2,16,18-21H2,1H3.